The molecule has 1 unspecified atom stereocenters. The Labute approximate surface area is 84.4 Å². The normalized spacial score (nSPS) is 21.0. The Bertz CT molecular complexity index is 245. The average Bonchev–Trinajstić information content (AvgIpc) is 2.51. The van der Waals surface area contributed by atoms with Crippen LogP contribution in [-0.2, 0) is 4.74 Å². The third-order valence-electron chi connectivity index (χ3n) is 2.28. The SMILES string of the molecule is CC(C)OC(=O)N1CCCC1CC#N. The highest BCUT2D eigenvalue weighted by atomic mass is 16.6. The minimum atomic E-state index is -0.280. The average molecular weight is 196 g/mol. The Hall–Kier alpha value is -1.24. The van der Waals surface area contributed by atoms with Gasteiger partial charge in [0.15, 0.2) is 0 Å². The van der Waals surface area contributed by atoms with Gasteiger partial charge in [-0.2, -0.15) is 5.26 Å². The van der Waals surface area contributed by atoms with Crippen molar-refractivity contribution >= 4 is 6.09 Å². The standard InChI is InChI=1S/C10H16N2O2/c1-8(2)14-10(13)12-7-3-4-9(12)5-6-11/h8-9H,3-5,7H2,1-2H3. The molecule has 1 fully saturated rings. The first-order chi connectivity index (χ1) is 6.65. The maximum absolute atomic E-state index is 11.5. The van der Waals surface area contributed by atoms with Crippen LogP contribution in [-0.4, -0.2) is 29.7 Å². The van der Waals surface area contributed by atoms with E-state index in [1.165, 1.54) is 0 Å². The van der Waals surface area contributed by atoms with Gasteiger partial charge in [0.1, 0.15) is 0 Å². The molecule has 0 N–H and O–H groups in total. The quantitative estimate of drug-likeness (QED) is 0.677. The van der Waals surface area contributed by atoms with E-state index in [1.54, 1.807) is 4.90 Å². The molecule has 1 saturated heterocycles. The van der Waals surface area contributed by atoms with Gasteiger partial charge in [0, 0.05) is 12.6 Å². The number of hydrogen-bond acceptors (Lipinski definition) is 3. The van der Waals surface area contributed by atoms with Crippen molar-refractivity contribution in [2.45, 2.75) is 45.3 Å². The van der Waals surface area contributed by atoms with Gasteiger partial charge in [-0.3, -0.25) is 0 Å². The number of nitrogens with zero attached hydrogens (tertiary/aromatic N) is 2. The van der Waals surface area contributed by atoms with E-state index >= 15 is 0 Å². The summed E-state index contributed by atoms with van der Waals surface area (Å²) in [5.74, 6) is 0. The highest BCUT2D eigenvalue weighted by Gasteiger charge is 2.29. The number of nitriles is 1. The van der Waals surface area contributed by atoms with Gasteiger partial charge < -0.3 is 9.64 Å². The van der Waals surface area contributed by atoms with Crippen LogP contribution in [0.15, 0.2) is 0 Å². The van der Waals surface area contributed by atoms with Crippen LogP contribution < -0.4 is 0 Å². The maximum atomic E-state index is 11.5. The Morgan fingerprint density at radius 1 is 1.71 bits per heavy atom. The molecule has 0 bridgehead atoms. The zero-order valence-electron chi connectivity index (χ0n) is 8.69. The summed E-state index contributed by atoms with van der Waals surface area (Å²) in [5.41, 5.74) is 0. The lowest BCUT2D eigenvalue weighted by molar-refractivity contribution is 0.0737. The Balaban J connectivity index is 2.50. The van der Waals surface area contributed by atoms with Gasteiger partial charge >= 0.3 is 6.09 Å². The first kappa shape index (κ1) is 10.8. The van der Waals surface area contributed by atoms with Crippen LogP contribution in [0, 0.1) is 11.3 Å². The van der Waals surface area contributed by atoms with Crippen molar-refractivity contribution in [3.8, 4) is 6.07 Å². The van der Waals surface area contributed by atoms with Crippen molar-refractivity contribution in [1.29, 1.82) is 5.26 Å². The van der Waals surface area contributed by atoms with Crippen molar-refractivity contribution < 1.29 is 9.53 Å². The highest BCUT2D eigenvalue weighted by Crippen LogP contribution is 2.20. The molecule has 1 aliphatic heterocycles. The molecule has 1 atom stereocenters. The smallest absolute Gasteiger partial charge is 0.410 e. The molecule has 0 radical (unpaired) electrons. The number of likely N-dealkylation sites (tertiary alicyclic amines) is 1. The molecule has 0 aromatic carbocycles. The number of rotatable bonds is 2. The third kappa shape index (κ3) is 2.63. The van der Waals surface area contributed by atoms with Gasteiger partial charge in [-0.15, -0.1) is 0 Å². The fourth-order valence-corrected chi connectivity index (χ4v) is 1.66. The zero-order valence-corrected chi connectivity index (χ0v) is 8.69. The molecule has 1 aliphatic rings. The number of hydrogen-bond donors (Lipinski definition) is 0. The predicted octanol–water partition coefficient (Wildman–Crippen LogP) is 1.91. The fourth-order valence-electron chi connectivity index (χ4n) is 1.66. The van der Waals surface area contributed by atoms with Gasteiger partial charge in [-0.05, 0) is 26.7 Å². The number of ether oxygens (including phenoxy) is 1. The summed E-state index contributed by atoms with van der Waals surface area (Å²) >= 11 is 0. The van der Waals surface area contributed by atoms with E-state index in [1.807, 2.05) is 13.8 Å². The molecule has 0 spiro atoms. The summed E-state index contributed by atoms with van der Waals surface area (Å²) in [6.07, 6.45) is 1.93. The summed E-state index contributed by atoms with van der Waals surface area (Å²) in [5, 5.41) is 8.58. The zero-order chi connectivity index (χ0) is 10.6. The second kappa shape index (κ2) is 4.85. The lowest BCUT2D eigenvalue weighted by Crippen LogP contribution is -2.36. The van der Waals surface area contributed by atoms with E-state index in [9.17, 15) is 4.79 Å². The Kier molecular flexibility index (Phi) is 3.75. The van der Waals surface area contributed by atoms with Crippen molar-refractivity contribution in [3.05, 3.63) is 0 Å². The summed E-state index contributed by atoms with van der Waals surface area (Å²) in [6.45, 7) is 4.37. The first-order valence-corrected chi connectivity index (χ1v) is 4.99. The van der Waals surface area contributed by atoms with E-state index in [2.05, 4.69) is 6.07 Å². The fraction of sp³-hybridized carbons (Fsp3) is 0.800. The molecule has 0 aromatic heterocycles. The number of carbonyl (C=O) groups is 1. The first-order valence-electron chi connectivity index (χ1n) is 4.99. The Morgan fingerprint density at radius 2 is 2.43 bits per heavy atom. The van der Waals surface area contributed by atoms with Crippen molar-refractivity contribution in [2.75, 3.05) is 6.54 Å². The highest BCUT2D eigenvalue weighted by molar-refractivity contribution is 5.68. The van der Waals surface area contributed by atoms with Crippen LogP contribution in [0.25, 0.3) is 0 Å². The van der Waals surface area contributed by atoms with Crippen LogP contribution in [0.4, 0.5) is 4.79 Å². The summed E-state index contributed by atoms with van der Waals surface area (Å²) in [6, 6.07) is 2.16. The van der Waals surface area contributed by atoms with Crippen molar-refractivity contribution in [3.63, 3.8) is 0 Å². The van der Waals surface area contributed by atoms with Crippen LogP contribution in [0.5, 0.6) is 0 Å². The molecule has 78 valence electrons. The second-order valence-electron chi connectivity index (χ2n) is 3.78. The largest absolute Gasteiger partial charge is 0.447 e. The number of carbonyl (C=O) groups excluding carboxylic acids is 1. The van der Waals surface area contributed by atoms with Gasteiger partial charge in [0.25, 0.3) is 0 Å². The maximum Gasteiger partial charge on any atom is 0.410 e. The lowest BCUT2D eigenvalue weighted by atomic mass is 10.2. The van der Waals surface area contributed by atoms with E-state index in [0.29, 0.717) is 6.42 Å². The minimum Gasteiger partial charge on any atom is -0.447 e. The third-order valence-corrected chi connectivity index (χ3v) is 2.28. The molecular weight excluding hydrogens is 180 g/mol. The predicted molar refractivity (Wildman–Crippen MR) is 51.6 cm³/mol. The van der Waals surface area contributed by atoms with E-state index < -0.39 is 0 Å². The summed E-state index contributed by atoms with van der Waals surface area (Å²) in [7, 11) is 0. The van der Waals surface area contributed by atoms with Gasteiger partial charge in [-0.25, -0.2) is 4.79 Å². The molecule has 1 heterocycles. The molecule has 0 aliphatic carbocycles. The molecule has 4 nitrogen and oxygen atoms in total. The number of amides is 1. The topological polar surface area (TPSA) is 53.3 Å². The van der Waals surface area contributed by atoms with Crippen LogP contribution >= 0.6 is 0 Å². The molecular formula is C10H16N2O2. The lowest BCUT2D eigenvalue weighted by Gasteiger charge is -2.23. The Morgan fingerprint density at radius 3 is 3.00 bits per heavy atom. The summed E-state index contributed by atoms with van der Waals surface area (Å²) < 4.78 is 5.09. The van der Waals surface area contributed by atoms with Crippen LogP contribution in [0.1, 0.15) is 33.1 Å². The minimum absolute atomic E-state index is 0.0613. The monoisotopic (exact) mass is 196 g/mol. The van der Waals surface area contributed by atoms with Gasteiger partial charge in [0.05, 0.1) is 18.6 Å². The molecule has 1 amide bonds. The van der Waals surface area contributed by atoms with Crippen molar-refractivity contribution in [1.82, 2.24) is 4.90 Å². The van der Waals surface area contributed by atoms with Crippen LogP contribution in [0.2, 0.25) is 0 Å². The second-order valence-corrected chi connectivity index (χ2v) is 3.78. The van der Waals surface area contributed by atoms with Gasteiger partial charge in [-0.1, -0.05) is 0 Å². The molecule has 0 saturated carbocycles. The van der Waals surface area contributed by atoms with E-state index in [4.69, 9.17) is 10.00 Å². The molecule has 0 aromatic rings. The van der Waals surface area contributed by atoms with Crippen LogP contribution in [0.3, 0.4) is 0 Å². The summed E-state index contributed by atoms with van der Waals surface area (Å²) in [4.78, 5) is 13.2. The molecule has 1 rings (SSSR count). The van der Waals surface area contributed by atoms with Gasteiger partial charge in [0.2, 0.25) is 0 Å². The molecule has 14 heavy (non-hydrogen) atoms. The van der Waals surface area contributed by atoms with Crippen molar-refractivity contribution in [2.24, 2.45) is 0 Å². The molecule has 4 heteroatoms. The van der Waals surface area contributed by atoms with E-state index in [0.717, 1.165) is 19.4 Å². The van der Waals surface area contributed by atoms with E-state index in [-0.39, 0.29) is 18.2 Å².